The molecule has 0 atom stereocenters. The molecule has 0 aliphatic rings. The van der Waals surface area contributed by atoms with Crippen LogP contribution in [0.5, 0.6) is 17.2 Å². The van der Waals surface area contributed by atoms with E-state index < -0.39 is 22.5 Å². The molecule has 0 aliphatic carbocycles. The van der Waals surface area contributed by atoms with Crippen LogP contribution in [0.15, 0.2) is 76.7 Å². The molecule has 34 heavy (non-hydrogen) atoms. The molecule has 0 aliphatic heterocycles. The zero-order chi connectivity index (χ0) is 24.7. The lowest BCUT2D eigenvalue weighted by Gasteiger charge is -2.25. The third-order valence-electron chi connectivity index (χ3n) is 4.63. The quantitative estimate of drug-likeness (QED) is 0.341. The van der Waals surface area contributed by atoms with Crippen molar-refractivity contribution in [3.05, 3.63) is 77.3 Å². The van der Waals surface area contributed by atoms with E-state index in [1.165, 1.54) is 56.8 Å². The van der Waals surface area contributed by atoms with Crippen molar-refractivity contribution < 1.29 is 27.8 Å². The molecule has 1 amide bonds. The van der Waals surface area contributed by atoms with Gasteiger partial charge in [-0.2, -0.15) is 5.10 Å². The van der Waals surface area contributed by atoms with Crippen LogP contribution in [0.2, 0.25) is 5.02 Å². The number of nitrogens with one attached hydrogen (secondary N) is 1. The molecule has 0 bridgehead atoms. The van der Waals surface area contributed by atoms with Crippen LogP contribution in [0.3, 0.4) is 0 Å². The first-order valence-electron chi connectivity index (χ1n) is 9.86. The van der Waals surface area contributed by atoms with E-state index >= 15 is 0 Å². The molecule has 3 aromatic rings. The van der Waals surface area contributed by atoms with Gasteiger partial charge in [0.2, 0.25) is 0 Å². The Morgan fingerprint density at radius 3 is 2.44 bits per heavy atom. The van der Waals surface area contributed by atoms with E-state index in [0.29, 0.717) is 5.56 Å². The fraction of sp³-hybridized carbons (Fsp3) is 0.130. The largest absolute Gasteiger partial charge is 0.504 e. The summed E-state index contributed by atoms with van der Waals surface area (Å²) in [4.78, 5) is 12.7. The molecule has 0 fully saturated rings. The highest BCUT2D eigenvalue weighted by Crippen LogP contribution is 2.34. The minimum absolute atomic E-state index is 0.00971. The molecule has 0 aromatic heterocycles. The van der Waals surface area contributed by atoms with Gasteiger partial charge in [-0.05, 0) is 54.1 Å². The second-order valence-corrected chi connectivity index (χ2v) is 9.16. The van der Waals surface area contributed by atoms with Crippen LogP contribution in [0.25, 0.3) is 0 Å². The van der Waals surface area contributed by atoms with Crippen LogP contribution in [-0.2, 0) is 14.8 Å². The lowest BCUT2D eigenvalue weighted by molar-refractivity contribution is -0.119. The second kappa shape index (κ2) is 10.9. The minimum Gasteiger partial charge on any atom is -0.504 e. The minimum atomic E-state index is -4.15. The average Bonchev–Trinajstić information content (AvgIpc) is 2.84. The van der Waals surface area contributed by atoms with Crippen LogP contribution in [0.4, 0.5) is 5.69 Å². The van der Waals surface area contributed by atoms with Crippen molar-refractivity contribution in [2.45, 2.75) is 4.90 Å². The Balaban J connectivity index is 1.89. The maximum atomic E-state index is 13.4. The smallest absolute Gasteiger partial charge is 0.264 e. The van der Waals surface area contributed by atoms with Crippen molar-refractivity contribution in [1.29, 1.82) is 0 Å². The number of benzene rings is 3. The molecule has 11 heteroatoms. The first kappa shape index (κ1) is 24.9. The maximum absolute atomic E-state index is 13.4. The SMILES string of the molecule is COc1cc(C=NNC(=O)CN(c2cc(Cl)ccc2OC)S(=O)(=O)c2ccccc2)ccc1O. The number of carbonyl (C=O) groups excluding carboxylic acids is 1. The molecular formula is C23H22ClN3O6S. The van der Waals surface area contributed by atoms with Crippen molar-refractivity contribution in [3.63, 3.8) is 0 Å². The van der Waals surface area contributed by atoms with Gasteiger partial charge in [0, 0.05) is 5.02 Å². The molecule has 0 spiro atoms. The molecular weight excluding hydrogens is 482 g/mol. The first-order chi connectivity index (χ1) is 16.3. The van der Waals surface area contributed by atoms with Gasteiger partial charge in [0.15, 0.2) is 11.5 Å². The van der Waals surface area contributed by atoms with E-state index in [-0.39, 0.29) is 32.9 Å². The summed E-state index contributed by atoms with van der Waals surface area (Å²) in [5, 5.41) is 13.8. The zero-order valence-corrected chi connectivity index (χ0v) is 19.9. The fourth-order valence-corrected chi connectivity index (χ4v) is 4.61. The topological polar surface area (TPSA) is 118 Å². The summed E-state index contributed by atoms with van der Waals surface area (Å²) >= 11 is 6.11. The Hall–Kier alpha value is -3.76. The number of phenolic OH excluding ortho intramolecular Hbond substituents is 1. The number of carbonyl (C=O) groups is 1. The highest BCUT2D eigenvalue weighted by atomic mass is 35.5. The van der Waals surface area contributed by atoms with Gasteiger partial charge in [0.05, 0.1) is 31.0 Å². The Morgan fingerprint density at radius 2 is 1.76 bits per heavy atom. The molecule has 3 aromatic carbocycles. The summed E-state index contributed by atoms with van der Waals surface area (Å²) in [5.74, 6) is -0.288. The predicted molar refractivity (Wildman–Crippen MR) is 129 cm³/mol. The summed E-state index contributed by atoms with van der Waals surface area (Å²) in [5.41, 5.74) is 2.95. The highest BCUT2D eigenvalue weighted by molar-refractivity contribution is 7.92. The van der Waals surface area contributed by atoms with Gasteiger partial charge in [0.1, 0.15) is 12.3 Å². The average molecular weight is 504 g/mol. The summed E-state index contributed by atoms with van der Waals surface area (Å²) in [6.45, 7) is -0.593. The van der Waals surface area contributed by atoms with Crippen LogP contribution >= 0.6 is 11.6 Å². The Bertz CT molecular complexity index is 1300. The number of phenols is 1. The second-order valence-electron chi connectivity index (χ2n) is 6.87. The van der Waals surface area contributed by atoms with Crippen LogP contribution in [-0.4, -0.2) is 46.4 Å². The number of halogens is 1. The molecule has 2 N–H and O–H groups in total. The number of aromatic hydroxyl groups is 1. The molecule has 0 heterocycles. The van der Waals surface area contributed by atoms with E-state index in [9.17, 15) is 18.3 Å². The van der Waals surface area contributed by atoms with Crippen molar-refractivity contribution in [1.82, 2.24) is 5.43 Å². The van der Waals surface area contributed by atoms with E-state index in [1.807, 2.05) is 0 Å². The number of hydrazone groups is 1. The number of anilines is 1. The number of methoxy groups -OCH3 is 2. The fourth-order valence-electron chi connectivity index (χ4n) is 3.00. The Labute approximate surface area is 202 Å². The van der Waals surface area contributed by atoms with Crippen molar-refractivity contribution in [3.8, 4) is 17.2 Å². The zero-order valence-electron chi connectivity index (χ0n) is 18.3. The van der Waals surface area contributed by atoms with Crippen LogP contribution < -0.4 is 19.2 Å². The third-order valence-corrected chi connectivity index (χ3v) is 6.64. The highest BCUT2D eigenvalue weighted by Gasteiger charge is 2.29. The normalized spacial score (nSPS) is 11.3. The van der Waals surface area contributed by atoms with Gasteiger partial charge in [-0.1, -0.05) is 29.8 Å². The summed E-state index contributed by atoms with van der Waals surface area (Å²) < 4.78 is 38.1. The molecule has 3 rings (SSSR count). The van der Waals surface area contributed by atoms with Gasteiger partial charge in [-0.3, -0.25) is 9.10 Å². The van der Waals surface area contributed by atoms with Crippen molar-refractivity contribution in [2.24, 2.45) is 5.10 Å². The van der Waals surface area contributed by atoms with E-state index in [1.54, 1.807) is 30.3 Å². The molecule has 178 valence electrons. The van der Waals surface area contributed by atoms with Gasteiger partial charge in [-0.25, -0.2) is 13.8 Å². The van der Waals surface area contributed by atoms with Gasteiger partial charge in [-0.15, -0.1) is 0 Å². The molecule has 0 saturated heterocycles. The van der Waals surface area contributed by atoms with Crippen molar-refractivity contribution in [2.75, 3.05) is 25.1 Å². The summed E-state index contributed by atoms with van der Waals surface area (Å²) in [7, 11) is -1.36. The standard InChI is InChI=1S/C23H22ClN3O6S/c1-32-21-11-9-17(24)13-19(21)27(34(30,31)18-6-4-3-5-7-18)15-23(29)26-25-14-16-8-10-20(28)22(12-16)33-2/h3-14,28H,15H2,1-2H3,(H,26,29). The maximum Gasteiger partial charge on any atom is 0.264 e. The summed E-state index contributed by atoms with van der Waals surface area (Å²) in [6, 6.07) is 16.7. The number of hydrogen-bond donors (Lipinski definition) is 2. The first-order valence-corrected chi connectivity index (χ1v) is 11.7. The third kappa shape index (κ3) is 5.77. The Morgan fingerprint density at radius 1 is 1.06 bits per heavy atom. The van der Waals surface area contributed by atoms with Gasteiger partial charge >= 0.3 is 0 Å². The molecule has 9 nitrogen and oxygen atoms in total. The number of sulfonamides is 1. The number of nitrogens with zero attached hydrogens (tertiary/aromatic N) is 2. The van der Waals surface area contributed by atoms with Crippen molar-refractivity contribution >= 4 is 39.4 Å². The lowest BCUT2D eigenvalue weighted by Crippen LogP contribution is -2.39. The monoisotopic (exact) mass is 503 g/mol. The summed E-state index contributed by atoms with van der Waals surface area (Å²) in [6.07, 6.45) is 1.33. The molecule has 0 saturated carbocycles. The number of rotatable bonds is 9. The molecule has 0 radical (unpaired) electrons. The van der Waals surface area contributed by atoms with Gasteiger partial charge < -0.3 is 14.6 Å². The van der Waals surface area contributed by atoms with Gasteiger partial charge in [0.25, 0.3) is 15.9 Å². The lowest BCUT2D eigenvalue weighted by atomic mass is 10.2. The number of hydrogen-bond acceptors (Lipinski definition) is 7. The van der Waals surface area contributed by atoms with E-state index in [0.717, 1.165) is 4.31 Å². The Kier molecular flexibility index (Phi) is 7.98. The van der Waals surface area contributed by atoms with Crippen LogP contribution in [0, 0.1) is 0 Å². The molecule has 0 unspecified atom stereocenters. The van der Waals surface area contributed by atoms with Crippen LogP contribution in [0.1, 0.15) is 5.56 Å². The van der Waals surface area contributed by atoms with E-state index in [2.05, 4.69) is 10.5 Å². The number of ether oxygens (including phenoxy) is 2. The predicted octanol–water partition coefficient (Wildman–Crippen LogP) is 3.41. The number of amides is 1. The van der Waals surface area contributed by atoms with E-state index in [4.69, 9.17) is 21.1 Å².